The number of rotatable bonds is 5. The number of likely N-dealkylation sites (tertiary alicyclic amines) is 1. The molecule has 4 heteroatoms. The zero-order valence-electron chi connectivity index (χ0n) is 13.8. The molecule has 0 saturated carbocycles. The molecule has 0 N–H and O–H groups in total. The van der Waals surface area contributed by atoms with Crippen molar-refractivity contribution in [1.82, 2.24) is 19.4 Å². The van der Waals surface area contributed by atoms with Crippen LogP contribution in [0.5, 0.6) is 0 Å². The van der Waals surface area contributed by atoms with Gasteiger partial charge >= 0.3 is 0 Å². The van der Waals surface area contributed by atoms with Gasteiger partial charge in [0, 0.05) is 51.0 Å². The Balaban J connectivity index is 1.65. The summed E-state index contributed by atoms with van der Waals surface area (Å²) in [6, 6.07) is 6.96. The van der Waals surface area contributed by atoms with E-state index < -0.39 is 0 Å². The average molecular weight is 298 g/mol. The topological polar surface area (TPSA) is 24.3 Å². The van der Waals surface area contributed by atoms with Crippen molar-refractivity contribution < 1.29 is 0 Å². The maximum Gasteiger partial charge on any atom is 0.0401 e. The first-order chi connectivity index (χ1) is 10.6. The summed E-state index contributed by atoms with van der Waals surface area (Å²) in [4.78, 5) is 9.22. The standard InChI is InChI=1S/C18H26N4/c1-20-9-6-15(12-20)13-21(2)14-17-7-10-22(3)18(17)16-5-4-8-19-11-16/h4-6,8-9,11-12,17-18H,7,10,13-14H2,1-3H3/t17-,18-/m0/s1. The van der Waals surface area contributed by atoms with E-state index in [4.69, 9.17) is 0 Å². The van der Waals surface area contributed by atoms with E-state index in [0.717, 1.165) is 13.1 Å². The van der Waals surface area contributed by atoms with Crippen molar-refractivity contribution in [3.63, 3.8) is 0 Å². The number of hydrogen-bond acceptors (Lipinski definition) is 3. The Morgan fingerprint density at radius 2 is 2.18 bits per heavy atom. The molecule has 0 spiro atoms. The summed E-state index contributed by atoms with van der Waals surface area (Å²) >= 11 is 0. The van der Waals surface area contributed by atoms with Gasteiger partial charge in [-0.2, -0.15) is 0 Å². The number of nitrogens with zero attached hydrogens (tertiary/aromatic N) is 4. The summed E-state index contributed by atoms with van der Waals surface area (Å²) in [5.74, 6) is 0.669. The maximum absolute atomic E-state index is 4.30. The molecule has 0 bridgehead atoms. The van der Waals surface area contributed by atoms with Crippen LogP contribution in [0.15, 0.2) is 43.0 Å². The molecule has 1 aliphatic heterocycles. The van der Waals surface area contributed by atoms with Crippen LogP contribution in [0.1, 0.15) is 23.6 Å². The van der Waals surface area contributed by atoms with Crippen molar-refractivity contribution in [2.24, 2.45) is 13.0 Å². The molecule has 3 rings (SSSR count). The Kier molecular flexibility index (Phi) is 4.60. The first-order valence-corrected chi connectivity index (χ1v) is 8.03. The Bertz CT molecular complexity index is 592. The SMILES string of the molecule is CN(Cc1ccn(C)c1)C[C@@H]1CCN(C)[C@H]1c1cccnc1. The van der Waals surface area contributed by atoms with E-state index in [1.54, 1.807) is 0 Å². The molecule has 0 amide bonds. The lowest BCUT2D eigenvalue weighted by Gasteiger charge is -2.28. The zero-order chi connectivity index (χ0) is 15.5. The van der Waals surface area contributed by atoms with Gasteiger partial charge in [-0.05, 0) is 56.2 Å². The summed E-state index contributed by atoms with van der Waals surface area (Å²) in [6.45, 7) is 3.31. The summed E-state index contributed by atoms with van der Waals surface area (Å²) in [7, 11) is 6.54. The number of aryl methyl sites for hydroxylation is 1. The van der Waals surface area contributed by atoms with Crippen LogP contribution in [-0.4, -0.2) is 46.5 Å². The van der Waals surface area contributed by atoms with E-state index in [9.17, 15) is 0 Å². The first kappa shape index (κ1) is 15.3. The van der Waals surface area contributed by atoms with E-state index in [-0.39, 0.29) is 0 Å². The van der Waals surface area contributed by atoms with Gasteiger partial charge in [0.2, 0.25) is 0 Å². The molecule has 2 atom stereocenters. The summed E-state index contributed by atoms with van der Waals surface area (Å²) < 4.78 is 2.12. The minimum atomic E-state index is 0.493. The highest BCUT2D eigenvalue weighted by molar-refractivity contribution is 5.17. The third-order valence-electron chi connectivity index (χ3n) is 4.69. The molecule has 1 fully saturated rings. The van der Waals surface area contributed by atoms with E-state index in [1.165, 1.54) is 24.1 Å². The summed E-state index contributed by atoms with van der Waals surface area (Å²) in [6.07, 6.45) is 9.46. The van der Waals surface area contributed by atoms with Crippen LogP contribution in [0.25, 0.3) is 0 Å². The van der Waals surface area contributed by atoms with Gasteiger partial charge in [-0.15, -0.1) is 0 Å². The van der Waals surface area contributed by atoms with Crippen molar-refractivity contribution in [3.05, 3.63) is 54.1 Å². The zero-order valence-corrected chi connectivity index (χ0v) is 13.8. The molecule has 0 aromatic carbocycles. The lowest BCUT2D eigenvalue weighted by atomic mass is 9.94. The third-order valence-corrected chi connectivity index (χ3v) is 4.69. The number of pyridine rings is 1. The van der Waals surface area contributed by atoms with E-state index >= 15 is 0 Å². The fraction of sp³-hybridized carbons (Fsp3) is 0.500. The van der Waals surface area contributed by atoms with Crippen molar-refractivity contribution in [1.29, 1.82) is 0 Å². The van der Waals surface area contributed by atoms with Crippen LogP contribution in [-0.2, 0) is 13.6 Å². The molecule has 2 aromatic heterocycles. The van der Waals surface area contributed by atoms with Crippen LogP contribution >= 0.6 is 0 Å². The van der Waals surface area contributed by atoms with Gasteiger partial charge in [-0.25, -0.2) is 0 Å². The van der Waals surface area contributed by atoms with E-state index in [2.05, 4.69) is 65.0 Å². The van der Waals surface area contributed by atoms with Gasteiger partial charge in [0.1, 0.15) is 0 Å². The van der Waals surface area contributed by atoms with Crippen LogP contribution in [0.4, 0.5) is 0 Å². The second-order valence-corrected chi connectivity index (χ2v) is 6.64. The second kappa shape index (κ2) is 6.63. The highest BCUT2D eigenvalue weighted by Crippen LogP contribution is 2.36. The normalized spacial score (nSPS) is 22.5. The van der Waals surface area contributed by atoms with Crippen LogP contribution in [0, 0.1) is 5.92 Å². The highest BCUT2D eigenvalue weighted by Gasteiger charge is 2.33. The molecular weight excluding hydrogens is 272 g/mol. The number of aromatic nitrogens is 2. The lowest BCUT2D eigenvalue weighted by Crippen LogP contribution is -2.29. The van der Waals surface area contributed by atoms with Gasteiger partial charge in [-0.1, -0.05) is 6.07 Å². The fourth-order valence-corrected chi connectivity index (χ4v) is 3.73. The first-order valence-electron chi connectivity index (χ1n) is 8.03. The Morgan fingerprint density at radius 1 is 1.32 bits per heavy atom. The van der Waals surface area contributed by atoms with Gasteiger partial charge < -0.3 is 9.47 Å². The van der Waals surface area contributed by atoms with Gasteiger partial charge in [0.15, 0.2) is 0 Å². The molecule has 118 valence electrons. The summed E-state index contributed by atoms with van der Waals surface area (Å²) in [5, 5.41) is 0. The predicted octanol–water partition coefficient (Wildman–Crippen LogP) is 2.54. The van der Waals surface area contributed by atoms with E-state index in [1.807, 2.05) is 18.5 Å². The van der Waals surface area contributed by atoms with Crippen molar-refractivity contribution in [2.45, 2.75) is 19.0 Å². The lowest BCUT2D eigenvalue weighted by molar-refractivity contribution is 0.213. The predicted molar refractivity (Wildman–Crippen MR) is 89.5 cm³/mol. The van der Waals surface area contributed by atoms with Gasteiger partial charge in [0.25, 0.3) is 0 Å². The van der Waals surface area contributed by atoms with Crippen LogP contribution < -0.4 is 0 Å². The van der Waals surface area contributed by atoms with Gasteiger partial charge in [-0.3, -0.25) is 9.88 Å². The largest absolute Gasteiger partial charge is 0.357 e. The van der Waals surface area contributed by atoms with Gasteiger partial charge in [0.05, 0.1) is 0 Å². The van der Waals surface area contributed by atoms with Crippen molar-refractivity contribution in [3.8, 4) is 0 Å². The monoisotopic (exact) mass is 298 g/mol. The summed E-state index contributed by atoms with van der Waals surface area (Å²) in [5.41, 5.74) is 2.73. The quantitative estimate of drug-likeness (QED) is 0.848. The Morgan fingerprint density at radius 3 is 2.86 bits per heavy atom. The molecular formula is C18H26N4. The third kappa shape index (κ3) is 3.39. The molecule has 0 unspecified atom stereocenters. The molecule has 1 saturated heterocycles. The van der Waals surface area contributed by atoms with Crippen molar-refractivity contribution in [2.75, 3.05) is 27.2 Å². The van der Waals surface area contributed by atoms with E-state index in [0.29, 0.717) is 12.0 Å². The van der Waals surface area contributed by atoms with Crippen LogP contribution in [0.2, 0.25) is 0 Å². The van der Waals surface area contributed by atoms with Crippen molar-refractivity contribution >= 4 is 0 Å². The maximum atomic E-state index is 4.30. The second-order valence-electron chi connectivity index (χ2n) is 6.64. The fourth-order valence-electron chi connectivity index (χ4n) is 3.73. The molecule has 0 radical (unpaired) electrons. The number of hydrogen-bond donors (Lipinski definition) is 0. The average Bonchev–Trinajstić information content (AvgIpc) is 3.06. The Hall–Kier alpha value is -1.65. The molecule has 1 aliphatic rings. The molecule has 3 heterocycles. The molecule has 22 heavy (non-hydrogen) atoms. The molecule has 0 aliphatic carbocycles. The molecule has 4 nitrogen and oxygen atoms in total. The smallest absolute Gasteiger partial charge is 0.0401 e. The van der Waals surface area contributed by atoms with Crippen LogP contribution in [0.3, 0.4) is 0 Å². The minimum absolute atomic E-state index is 0.493. The molecule has 2 aromatic rings. The Labute approximate surface area is 133 Å². The minimum Gasteiger partial charge on any atom is -0.357 e. The highest BCUT2D eigenvalue weighted by atomic mass is 15.2.